The van der Waals surface area contributed by atoms with E-state index < -0.39 is 0 Å². The van der Waals surface area contributed by atoms with E-state index >= 15 is 0 Å². The minimum Gasteiger partial charge on any atom is -0.378 e. The van der Waals surface area contributed by atoms with Crippen molar-refractivity contribution in [1.82, 2.24) is 15.1 Å². The van der Waals surface area contributed by atoms with Crippen LogP contribution in [-0.2, 0) is 14.3 Å². The highest BCUT2D eigenvalue weighted by Gasteiger charge is 2.59. The van der Waals surface area contributed by atoms with Gasteiger partial charge in [0, 0.05) is 57.2 Å². The Kier molecular flexibility index (Phi) is 6.11. The largest absolute Gasteiger partial charge is 0.378 e. The molecule has 1 N–H and O–H groups in total. The molecule has 28 heavy (non-hydrogen) atoms. The van der Waals surface area contributed by atoms with Crippen LogP contribution in [0.15, 0.2) is 4.99 Å². The monoisotopic (exact) mass is 392 g/mol. The highest BCUT2D eigenvalue weighted by atomic mass is 16.5. The van der Waals surface area contributed by atoms with Crippen molar-refractivity contribution in [3.63, 3.8) is 0 Å². The summed E-state index contributed by atoms with van der Waals surface area (Å²) >= 11 is 0. The third-order valence-electron chi connectivity index (χ3n) is 7.42. The lowest BCUT2D eigenvalue weighted by molar-refractivity contribution is -0.169. The molecule has 7 heteroatoms. The zero-order chi connectivity index (χ0) is 19.6. The van der Waals surface area contributed by atoms with E-state index in [4.69, 9.17) is 9.47 Å². The highest BCUT2D eigenvalue weighted by molar-refractivity contribution is 5.82. The van der Waals surface area contributed by atoms with Crippen LogP contribution in [0.4, 0.5) is 0 Å². The van der Waals surface area contributed by atoms with E-state index in [1.54, 1.807) is 0 Å². The Morgan fingerprint density at radius 3 is 2.46 bits per heavy atom. The number of guanidine groups is 1. The van der Waals surface area contributed by atoms with Crippen molar-refractivity contribution in [1.29, 1.82) is 0 Å². The topological polar surface area (TPSA) is 66.4 Å². The fourth-order valence-corrected chi connectivity index (χ4v) is 5.47. The molecule has 2 saturated heterocycles. The Balaban J connectivity index is 1.28. The molecule has 158 valence electrons. The molecule has 1 spiro atoms. The van der Waals surface area contributed by atoms with Gasteiger partial charge in [-0.3, -0.25) is 9.79 Å². The summed E-state index contributed by atoms with van der Waals surface area (Å²) in [6.07, 6.45) is 7.17. The van der Waals surface area contributed by atoms with Gasteiger partial charge in [-0.1, -0.05) is 6.42 Å². The fourth-order valence-electron chi connectivity index (χ4n) is 5.47. The number of aliphatic imine (C=N–C) groups is 1. The Morgan fingerprint density at radius 1 is 1.18 bits per heavy atom. The minimum absolute atomic E-state index is 0.150. The average Bonchev–Trinajstić information content (AvgIpc) is 2.69. The fraction of sp³-hybridized carbons (Fsp3) is 0.905. The molecular weight excluding hydrogens is 356 g/mol. The summed E-state index contributed by atoms with van der Waals surface area (Å²) in [7, 11) is 1.87. The van der Waals surface area contributed by atoms with Crippen LogP contribution in [0.2, 0.25) is 0 Å². The standard InChI is InChI=1S/C21H36N4O3/c1-3-28-18-15-17(21(18)7-4-8-21)23-20(22-2)25-9-5-16(6-10-25)19(26)24-11-13-27-14-12-24/h16-18H,3-15H2,1-2H3,(H,22,23). The summed E-state index contributed by atoms with van der Waals surface area (Å²) in [5, 5.41) is 3.75. The van der Waals surface area contributed by atoms with Gasteiger partial charge in [-0.15, -0.1) is 0 Å². The first kappa shape index (κ1) is 20.0. The SMILES string of the molecule is CCOC1CC(NC(=NC)N2CCC(C(=O)N3CCOCC3)CC2)C12CCC2. The van der Waals surface area contributed by atoms with Crippen molar-refractivity contribution in [2.24, 2.45) is 16.3 Å². The van der Waals surface area contributed by atoms with Crippen LogP contribution >= 0.6 is 0 Å². The molecule has 2 atom stereocenters. The normalized spacial score (nSPS) is 30.7. The van der Waals surface area contributed by atoms with Crippen LogP contribution in [0.25, 0.3) is 0 Å². The number of ether oxygens (including phenoxy) is 2. The molecule has 0 aromatic carbocycles. The molecule has 4 fully saturated rings. The van der Waals surface area contributed by atoms with Crippen LogP contribution in [0, 0.1) is 11.3 Å². The molecule has 1 amide bonds. The number of carbonyl (C=O) groups excluding carboxylic acids is 1. The second-order valence-electron chi connectivity index (χ2n) is 8.71. The zero-order valence-corrected chi connectivity index (χ0v) is 17.5. The maximum absolute atomic E-state index is 12.8. The van der Waals surface area contributed by atoms with E-state index in [0.29, 0.717) is 36.7 Å². The van der Waals surface area contributed by atoms with Crippen LogP contribution < -0.4 is 5.32 Å². The van der Waals surface area contributed by atoms with Crippen LogP contribution in [0.5, 0.6) is 0 Å². The van der Waals surface area contributed by atoms with Gasteiger partial charge in [0.2, 0.25) is 5.91 Å². The second kappa shape index (κ2) is 8.57. The number of rotatable bonds is 4. The Hall–Kier alpha value is -1.34. The quantitative estimate of drug-likeness (QED) is 0.580. The summed E-state index contributed by atoms with van der Waals surface area (Å²) in [4.78, 5) is 21.6. The van der Waals surface area contributed by atoms with Crippen molar-refractivity contribution in [3.8, 4) is 0 Å². The lowest BCUT2D eigenvalue weighted by atomic mass is 9.51. The van der Waals surface area contributed by atoms with Crippen molar-refractivity contribution in [2.75, 3.05) is 53.0 Å². The van der Waals surface area contributed by atoms with Gasteiger partial charge in [0.1, 0.15) is 0 Å². The lowest BCUT2D eigenvalue weighted by Crippen LogP contribution is -2.69. The molecule has 7 nitrogen and oxygen atoms in total. The van der Waals surface area contributed by atoms with E-state index in [1.165, 1.54) is 19.3 Å². The Bertz CT molecular complexity index is 578. The van der Waals surface area contributed by atoms with Crippen molar-refractivity contribution in [2.45, 2.75) is 57.6 Å². The van der Waals surface area contributed by atoms with Gasteiger partial charge in [0.25, 0.3) is 0 Å². The molecule has 0 radical (unpaired) electrons. The van der Waals surface area contributed by atoms with E-state index in [2.05, 4.69) is 22.1 Å². The molecule has 4 aliphatic rings. The highest BCUT2D eigenvalue weighted by Crippen LogP contribution is 2.57. The predicted octanol–water partition coefficient (Wildman–Crippen LogP) is 1.48. The molecule has 2 saturated carbocycles. The maximum Gasteiger partial charge on any atom is 0.225 e. The molecule has 4 rings (SSSR count). The maximum atomic E-state index is 12.8. The number of hydrogen-bond acceptors (Lipinski definition) is 4. The van der Waals surface area contributed by atoms with Crippen molar-refractivity contribution in [3.05, 3.63) is 0 Å². The molecular formula is C21H36N4O3. The molecule has 2 unspecified atom stereocenters. The third-order valence-corrected chi connectivity index (χ3v) is 7.42. The first-order valence-corrected chi connectivity index (χ1v) is 11.1. The van der Waals surface area contributed by atoms with Crippen LogP contribution in [-0.4, -0.2) is 86.9 Å². The molecule has 0 bridgehead atoms. The first-order valence-electron chi connectivity index (χ1n) is 11.1. The van der Waals surface area contributed by atoms with E-state index in [-0.39, 0.29) is 5.92 Å². The zero-order valence-electron chi connectivity index (χ0n) is 17.5. The molecule has 2 aliphatic carbocycles. The van der Waals surface area contributed by atoms with Gasteiger partial charge in [-0.05, 0) is 39.0 Å². The van der Waals surface area contributed by atoms with Crippen LogP contribution in [0.3, 0.4) is 0 Å². The summed E-state index contributed by atoms with van der Waals surface area (Å²) in [5.41, 5.74) is 0.330. The summed E-state index contributed by atoms with van der Waals surface area (Å²) in [5.74, 6) is 1.47. The Labute approximate surface area is 168 Å². The van der Waals surface area contributed by atoms with Crippen molar-refractivity contribution < 1.29 is 14.3 Å². The number of nitrogens with one attached hydrogen (secondary N) is 1. The average molecular weight is 393 g/mol. The number of hydrogen-bond donors (Lipinski definition) is 1. The summed E-state index contributed by atoms with van der Waals surface area (Å²) in [6, 6.07) is 0.476. The van der Waals surface area contributed by atoms with E-state index in [9.17, 15) is 4.79 Å². The van der Waals surface area contributed by atoms with Crippen LogP contribution in [0.1, 0.15) is 45.4 Å². The van der Waals surface area contributed by atoms with Gasteiger partial charge in [0.15, 0.2) is 5.96 Å². The number of likely N-dealkylation sites (tertiary alicyclic amines) is 1. The predicted molar refractivity (Wildman–Crippen MR) is 108 cm³/mol. The van der Waals surface area contributed by atoms with Gasteiger partial charge in [-0.2, -0.15) is 0 Å². The smallest absolute Gasteiger partial charge is 0.225 e. The second-order valence-corrected chi connectivity index (χ2v) is 8.71. The third kappa shape index (κ3) is 3.63. The number of piperidine rings is 1. The first-order chi connectivity index (χ1) is 13.7. The van der Waals surface area contributed by atoms with E-state index in [0.717, 1.165) is 58.0 Å². The molecule has 0 aromatic rings. The van der Waals surface area contributed by atoms with E-state index in [1.807, 2.05) is 11.9 Å². The Morgan fingerprint density at radius 2 is 1.89 bits per heavy atom. The lowest BCUT2D eigenvalue weighted by Gasteiger charge is -2.61. The van der Waals surface area contributed by atoms with Gasteiger partial charge in [-0.25, -0.2) is 0 Å². The molecule has 2 heterocycles. The molecule has 2 aliphatic heterocycles. The van der Waals surface area contributed by atoms with Gasteiger partial charge in [0.05, 0.1) is 19.3 Å². The number of nitrogens with zero attached hydrogens (tertiary/aromatic N) is 3. The number of morpholine rings is 1. The summed E-state index contributed by atoms with van der Waals surface area (Å²) < 4.78 is 11.4. The molecule has 0 aromatic heterocycles. The number of amides is 1. The summed E-state index contributed by atoms with van der Waals surface area (Å²) in [6.45, 7) is 7.52. The number of carbonyl (C=O) groups is 1. The minimum atomic E-state index is 0.150. The van der Waals surface area contributed by atoms with Gasteiger partial charge >= 0.3 is 0 Å². The van der Waals surface area contributed by atoms with Gasteiger partial charge < -0.3 is 24.6 Å². The van der Waals surface area contributed by atoms with Crippen molar-refractivity contribution >= 4 is 11.9 Å².